The molecule has 0 atom stereocenters. The SMILES string of the molecule is Cc1cc(C(F)(F)F)cc(Oc2cccc(F)c2)n1. The van der Waals surface area contributed by atoms with E-state index < -0.39 is 17.6 Å². The maximum absolute atomic E-state index is 12.9. The maximum Gasteiger partial charge on any atom is 0.416 e. The highest BCUT2D eigenvalue weighted by molar-refractivity contribution is 5.32. The zero-order valence-corrected chi connectivity index (χ0v) is 9.83. The highest BCUT2D eigenvalue weighted by atomic mass is 19.4. The zero-order chi connectivity index (χ0) is 14.0. The Morgan fingerprint density at radius 1 is 1.11 bits per heavy atom. The number of nitrogens with zero attached hydrogens (tertiary/aromatic N) is 1. The molecule has 1 aromatic carbocycles. The predicted molar refractivity (Wildman–Crippen MR) is 60.5 cm³/mol. The molecule has 0 aliphatic carbocycles. The lowest BCUT2D eigenvalue weighted by atomic mass is 10.2. The van der Waals surface area contributed by atoms with Crippen LogP contribution in [-0.4, -0.2) is 4.98 Å². The van der Waals surface area contributed by atoms with Crippen molar-refractivity contribution in [2.75, 3.05) is 0 Å². The van der Waals surface area contributed by atoms with Crippen LogP contribution in [0.3, 0.4) is 0 Å². The van der Waals surface area contributed by atoms with Crippen LogP contribution in [0.5, 0.6) is 11.6 Å². The Bertz CT molecular complexity index is 595. The topological polar surface area (TPSA) is 22.1 Å². The van der Waals surface area contributed by atoms with E-state index in [4.69, 9.17) is 4.74 Å². The van der Waals surface area contributed by atoms with Crippen molar-refractivity contribution < 1.29 is 22.3 Å². The van der Waals surface area contributed by atoms with Gasteiger partial charge in [-0.25, -0.2) is 9.37 Å². The third kappa shape index (κ3) is 3.43. The van der Waals surface area contributed by atoms with Crippen LogP contribution in [0.15, 0.2) is 36.4 Å². The number of alkyl halides is 3. The molecule has 2 aromatic rings. The Balaban J connectivity index is 2.33. The number of rotatable bonds is 2. The van der Waals surface area contributed by atoms with E-state index in [9.17, 15) is 17.6 Å². The first-order valence-electron chi connectivity index (χ1n) is 5.34. The van der Waals surface area contributed by atoms with E-state index in [0.29, 0.717) is 0 Å². The zero-order valence-electron chi connectivity index (χ0n) is 9.83. The van der Waals surface area contributed by atoms with Gasteiger partial charge in [0.15, 0.2) is 0 Å². The molecule has 0 radical (unpaired) electrons. The van der Waals surface area contributed by atoms with Gasteiger partial charge in [-0.1, -0.05) is 6.07 Å². The number of halogens is 4. The summed E-state index contributed by atoms with van der Waals surface area (Å²) in [4.78, 5) is 3.83. The van der Waals surface area contributed by atoms with Gasteiger partial charge in [0.1, 0.15) is 11.6 Å². The molecule has 0 unspecified atom stereocenters. The number of pyridine rings is 1. The van der Waals surface area contributed by atoms with Crippen LogP contribution < -0.4 is 4.74 Å². The summed E-state index contributed by atoms with van der Waals surface area (Å²) in [5.41, 5.74) is -0.687. The maximum atomic E-state index is 12.9. The molecule has 0 aliphatic rings. The molecule has 19 heavy (non-hydrogen) atoms. The summed E-state index contributed by atoms with van der Waals surface area (Å²) in [7, 11) is 0. The van der Waals surface area contributed by atoms with Crippen LogP contribution in [0.4, 0.5) is 17.6 Å². The Morgan fingerprint density at radius 2 is 1.84 bits per heavy atom. The molecular formula is C13H9F4NO. The Kier molecular flexibility index (Phi) is 3.42. The van der Waals surface area contributed by atoms with Gasteiger partial charge in [-0.3, -0.25) is 0 Å². The second-order valence-electron chi connectivity index (χ2n) is 3.89. The van der Waals surface area contributed by atoms with Crippen molar-refractivity contribution >= 4 is 0 Å². The van der Waals surface area contributed by atoms with Gasteiger partial charge in [0, 0.05) is 17.8 Å². The Hall–Kier alpha value is -2.11. The highest BCUT2D eigenvalue weighted by Gasteiger charge is 2.31. The fourth-order valence-corrected chi connectivity index (χ4v) is 1.51. The molecule has 100 valence electrons. The smallest absolute Gasteiger partial charge is 0.416 e. The van der Waals surface area contributed by atoms with Crippen LogP contribution in [0.25, 0.3) is 0 Å². The van der Waals surface area contributed by atoms with Crippen LogP contribution in [0.1, 0.15) is 11.3 Å². The quantitative estimate of drug-likeness (QED) is 0.758. The van der Waals surface area contributed by atoms with Gasteiger partial charge in [-0.05, 0) is 25.1 Å². The van der Waals surface area contributed by atoms with Crippen LogP contribution in [0, 0.1) is 12.7 Å². The third-order valence-electron chi connectivity index (χ3n) is 2.28. The average molecular weight is 271 g/mol. The molecule has 0 saturated carbocycles. The first kappa shape index (κ1) is 13.3. The lowest BCUT2D eigenvalue weighted by Crippen LogP contribution is -2.06. The van der Waals surface area contributed by atoms with E-state index in [1.807, 2.05) is 0 Å². The highest BCUT2D eigenvalue weighted by Crippen LogP contribution is 2.32. The molecule has 0 bridgehead atoms. The summed E-state index contributed by atoms with van der Waals surface area (Å²) in [5.74, 6) is -0.676. The van der Waals surface area contributed by atoms with Crippen LogP contribution >= 0.6 is 0 Å². The molecule has 2 nitrogen and oxygen atoms in total. The summed E-state index contributed by atoms with van der Waals surface area (Å²) in [6.07, 6.45) is -4.48. The van der Waals surface area contributed by atoms with Crippen molar-refractivity contribution in [2.24, 2.45) is 0 Å². The molecule has 0 N–H and O–H groups in total. The van der Waals surface area contributed by atoms with E-state index in [-0.39, 0.29) is 17.3 Å². The standard InChI is InChI=1S/C13H9F4NO/c1-8-5-9(13(15,16)17)6-12(18-8)19-11-4-2-3-10(14)7-11/h2-7H,1H3. The van der Waals surface area contributed by atoms with Crippen molar-refractivity contribution in [2.45, 2.75) is 13.1 Å². The minimum absolute atomic E-state index is 0.0891. The fraction of sp³-hybridized carbons (Fsp3) is 0.154. The fourth-order valence-electron chi connectivity index (χ4n) is 1.51. The molecule has 0 saturated heterocycles. The van der Waals surface area contributed by atoms with Crippen molar-refractivity contribution in [1.82, 2.24) is 4.98 Å². The van der Waals surface area contributed by atoms with Crippen molar-refractivity contribution in [3.05, 3.63) is 53.5 Å². The van der Waals surface area contributed by atoms with Gasteiger partial charge in [0.25, 0.3) is 0 Å². The van der Waals surface area contributed by atoms with Gasteiger partial charge in [0.2, 0.25) is 5.88 Å². The van der Waals surface area contributed by atoms with Crippen molar-refractivity contribution in [1.29, 1.82) is 0 Å². The lowest BCUT2D eigenvalue weighted by Gasteiger charge is -2.10. The van der Waals surface area contributed by atoms with Gasteiger partial charge >= 0.3 is 6.18 Å². The van der Waals surface area contributed by atoms with E-state index in [2.05, 4.69) is 4.98 Å². The molecule has 0 aliphatic heterocycles. The molecular weight excluding hydrogens is 262 g/mol. The summed E-state index contributed by atoms with van der Waals surface area (Å²) in [6.45, 7) is 1.42. The predicted octanol–water partition coefficient (Wildman–Crippen LogP) is 4.34. The molecule has 1 aromatic heterocycles. The van der Waals surface area contributed by atoms with Crippen molar-refractivity contribution in [3.63, 3.8) is 0 Å². The normalized spacial score (nSPS) is 11.4. The van der Waals surface area contributed by atoms with E-state index >= 15 is 0 Å². The summed E-state index contributed by atoms with van der Waals surface area (Å²) >= 11 is 0. The molecule has 0 spiro atoms. The number of aromatic nitrogens is 1. The molecule has 6 heteroatoms. The number of ether oxygens (including phenoxy) is 1. The van der Waals surface area contributed by atoms with Gasteiger partial charge < -0.3 is 4.74 Å². The number of hydrogen-bond donors (Lipinski definition) is 0. The van der Waals surface area contributed by atoms with Gasteiger partial charge in [-0.15, -0.1) is 0 Å². The monoisotopic (exact) mass is 271 g/mol. The first-order chi connectivity index (χ1) is 8.84. The second kappa shape index (κ2) is 4.87. The number of benzene rings is 1. The largest absolute Gasteiger partial charge is 0.439 e. The van der Waals surface area contributed by atoms with Gasteiger partial charge in [0.05, 0.1) is 5.56 Å². The van der Waals surface area contributed by atoms with Crippen LogP contribution in [-0.2, 0) is 6.18 Å². The van der Waals surface area contributed by atoms with Crippen LogP contribution in [0.2, 0.25) is 0 Å². The first-order valence-corrected chi connectivity index (χ1v) is 5.34. The minimum atomic E-state index is -4.48. The summed E-state index contributed by atoms with van der Waals surface area (Å²) in [6, 6.07) is 6.79. The van der Waals surface area contributed by atoms with E-state index in [1.165, 1.54) is 25.1 Å². The third-order valence-corrected chi connectivity index (χ3v) is 2.28. The average Bonchev–Trinajstić information content (AvgIpc) is 2.26. The number of aryl methyl sites for hydroxylation is 1. The minimum Gasteiger partial charge on any atom is -0.439 e. The molecule has 1 heterocycles. The van der Waals surface area contributed by atoms with E-state index in [0.717, 1.165) is 18.2 Å². The summed E-state index contributed by atoms with van der Waals surface area (Å²) < 4.78 is 55.9. The lowest BCUT2D eigenvalue weighted by molar-refractivity contribution is -0.137. The number of hydrogen-bond acceptors (Lipinski definition) is 2. The van der Waals surface area contributed by atoms with Gasteiger partial charge in [-0.2, -0.15) is 13.2 Å². The second-order valence-corrected chi connectivity index (χ2v) is 3.89. The van der Waals surface area contributed by atoms with E-state index in [1.54, 1.807) is 0 Å². The molecule has 2 rings (SSSR count). The Labute approximate surface area is 106 Å². The Morgan fingerprint density at radius 3 is 2.47 bits per heavy atom. The molecule has 0 amide bonds. The van der Waals surface area contributed by atoms with Crippen molar-refractivity contribution in [3.8, 4) is 11.6 Å². The molecule has 0 fully saturated rings. The summed E-state index contributed by atoms with van der Waals surface area (Å²) in [5, 5.41) is 0.